The van der Waals surface area contributed by atoms with Gasteiger partial charge in [0.15, 0.2) is 6.29 Å². The molecule has 2 saturated heterocycles. The lowest BCUT2D eigenvalue weighted by Gasteiger charge is -2.30. The maximum atomic E-state index is 6.09. The van der Waals surface area contributed by atoms with Crippen molar-refractivity contribution in [3.8, 4) is 0 Å². The van der Waals surface area contributed by atoms with E-state index in [2.05, 4.69) is 56.9 Å². The highest BCUT2D eigenvalue weighted by Crippen LogP contribution is 2.44. The molecule has 0 atom stereocenters. The molecule has 0 bridgehead atoms. The van der Waals surface area contributed by atoms with Crippen LogP contribution in [0.15, 0.2) is 24.3 Å². The first-order valence-electron chi connectivity index (χ1n) is 8.12. The molecule has 0 unspecified atom stereocenters. The molecule has 1 aromatic rings. The Morgan fingerprint density at radius 2 is 1.50 bits per heavy atom. The van der Waals surface area contributed by atoms with E-state index in [1.54, 1.807) is 0 Å². The highest BCUT2D eigenvalue weighted by Gasteiger charge is 2.49. The summed E-state index contributed by atoms with van der Waals surface area (Å²) in [5.74, 6) is 0. The number of ether oxygens (including phenoxy) is 3. The van der Waals surface area contributed by atoms with Crippen LogP contribution < -0.4 is 0 Å². The van der Waals surface area contributed by atoms with Gasteiger partial charge < -0.3 is 14.2 Å². The summed E-state index contributed by atoms with van der Waals surface area (Å²) in [6.45, 7) is 13.0. The lowest BCUT2D eigenvalue weighted by atomic mass is 9.90. The lowest BCUT2D eigenvalue weighted by molar-refractivity contribution is -0.0895. The summed E-state index contributed by atoms with van der Waals surface area (Å²) in [5, 5.41) is 0. The second kappa shape index (κ2) is 5.93. The van der Waals surface area contributed by atoms with E-state index in [-0.39, 0.29) is 17.5 Å². The Morgan fingerprint density at radius 1 is 0.955 bits per heavy atom. The highest BCUT2D eigenvalue weighted by molar-refractivity contribution is 5.24. The van der Waals surface area contributed by atoms with E-state index < -0.39 is 0 Å². The SMILES string of the molecule is CC1(C)OC(c2ccc(CN3CCOCC3)cc2)OC1(C)C. The minimum absolute atomic E-state index is 0.276. The van der Waals surface area contributed by atoms with Gasteiger partial charge in [-0.2, -0.15) is 0 Å². The Balaban J connectivity index is 1.65. The molecule has 0 N–H and O–H groups in total. The fourth-order valence-electron chi connectivity index (χ4n) is 2.78. The zero-order valence-electron chi connectivity index (χ0n) is 14.1. The number of rotatable bonds is 3. The second-order valence-corrected chi connectivity index (χ2v) is 7.22. The molecule has 2 aliphatic rings. The minimum Gasteiger partial charge on any atom is -0.379 e. The van der Waals surface area contributed by atoms with E-state index >= 15 is 0 Å². The molecule has 22 heavy (non-hydrogen) atoms. The smallest absolute Gasteiger partial charge is 0.185 e. The van der Waals surface area contributed by atoms with E-state index in [0.717, 1.165) is 38.4 Å². The Kier molecular flexibility index (Phi) is 4.29. The van der Waals surface area contributed by atoms with Crippen LogP contribution in [0.5, 0.6) is 0 Å². The third kappa shape index (κ3) is 3.20. The summed E-state index contributed by atoms with van der Waals surface area (Å²) in [7, 11) is 0. The second-order valence-electron chi connectivity index (χ2n) is 7.22. The topological polar surface area (TPSA) is 30.9 Å². The molecule has 0 radical (unpaired) electrons. The van der Waals surface area contributed by atoms with Gasteiger partial charge in [0, 0.05) is 25.2 Å². The Hall–Kier alpha value is -0.940. The summed E-state index contributed by atoms with van der Waals surface area (Å²) in [6, 6.07) is 8.60. The van der Waals surface area contributed by atoms with Gasteiger partial charge in [-0.05, 0) is 33.3 Å². The molecule has 3 rings (SSSR count). The molecule has 2 fully saturated rings. The monoisotopic (exact) mass is 305 g/mol. The molecule has 0 aliphatic carbocycles. The quantitative estimate of drug-likeness (QED) is 0.858. The van der Waals surface area contributed by atoms with Gasteiger partial charge in [-0.15, -0.1) is 0 Å². The van der Waals surface area contributed by atoms with Crippen molar-refractivity contribution in [2.24, 2.45) is 0 Å². The van der Waals surface area contributed by atoms with Crippen molar-refractivity contribution in [3.63, 3.8) is 0 Å². The van der Waals surface area contributed by atoms with Gasteiger partial charge in [0.05, 0.1) is 24.4 Å². The first kappa shape index (κ1) is 15.9. The molecule has 4 nitrogen and oxygen atoms in total. The van der Waals surface area contributed by atoms with Crippen LogP contribution in [0.3, 0.4) is 0 Å². The fraction of sp³-hybridized carbons (Fsp3) is 0.667. The van der Waals surface area contributed by atoms with Crippen molar-refractivity contribution in [3.05, 3.63) is 35.4 Å². The number of nitrogens with zero attached hydrogens (tertiary/aromatic N) is 1. The molecule has 2 aliphatic heterocycles. The predicted octanol–water partition coefficient (Wildman–Crippen LogP) is 3.12. The van der Waals surface area contributed by atoms with Crippen molar-refractivity contribution >= 4 is 0 Å². The first-order valence-corrected chi connectivity index (χ1v) is 8.12. The van der Waals surface area contributed by atoms with Crippen molar-refractivity contribution in [2.75, 3.05) is 26.3 Å². The molecular weight excluding hydrogens is 278 g/mol. The normalized spacial score (nSPS) is 25.5. The molecule has 1 aromatic carbocycles. The van der Waals surface area contributed by atoms with E-state index in [4.69, 9.17) is 14.2 Å². The average molecular weight is 305 g/mol. The molecule has 0 aromatic heterocycles. The number of hydrogen-bond donors (Lipinski definition) is 0. The van der Waals surface area contributed by atoms with Gasteiger partial charge in [-0.1, -0.05) is 24.3 Å². The van der Waals surface area contributed by atoms with E-state index in [0.29, 0.717) is 0 Å². The minimum atomic E-state index is -0.288. The highest BCUT2D eigenvalue weighted by atomic mass is 16.7. The molecule has 0 amide bonds. The number of hydrogen-bond acceptors (Lipinski definition) is 4. The first-order chi connectivity index (χ1) is 10.4. The van der Waals surface area contributed by atoms with E-state index in [1.165, 1.54) is 5.56 Å². The van der Waals surface area contributed by atoms with Crippen LogP contribution in [-0.4, -0.2) is 42.4 Å². The standard InChI is InChI=1S/C18H27NO3/c1-17(2)18(3,4)22-16(21-17)15-7-5-14(6-8-15)13-19-9-11-20-12-10-19/h5-8,16H,9-13H2,1-4H3. The molecule has 2 heterocycles. The molecule has 122 valence electrons. The summed E-state index contributed by atoms with van der Waals surface area (Å²) < 4.78 is 17.6. The van der Waals surface area contributed by atoms with Crippen molar-refractivity contribution in [1.82, 2.24) is 4.90 Å². The summed E-state index contributed by atoms with van der Waals surface area (Å²) in [5.41, 5.74) is 1.83. The Bertz CT molecular complexity index is 488. The van der Waals surface area contributed by atoms with Gasteiger partial charge in [0.2, 0.25) is 0 Å². The largest absolute Gasteiger partial charge is 0.379 e. The van der Waals surface area contributed by atoms with Crippen LogP contribution in [0, 0.1) is 0 Å². The fourth-order valence-corrected chi connectivity index (χ4v) is 2.78. The van der Waals surface area contributed by atoms with Crippen molar-refractivity contribution < 1.29 is 14.2 Å². The third-order valence-electron chi connectivity index (χ3n) is 5.02. The average Bonchev–Trinajstić information content (AvgIpc) is 2.69. The van der Waals surface area contributed by atoms with Crippen molar-refractivity contribution in [2.45, 2.75) is 51.7 Å². The number of benzene rings is 1. The van der Waals surface area contributed by atoms with Crippen LogP contribution in [0.25, 0.3) is 0 Å². The summed E-state index contributed by atoms with van der Waals surface area (Å²) in [6.07, 6.45) is -0.276. The van der Waals surface area contributed by atoms with E-state index in [1.807, 2.05) is 0 Å². The van der Waals surface area contributed by atoms with Crippen LogP contribution >= 0.6 is 0 Å². The van der Waals surface area contributed by atoms with Gasteiger partial charge >= 0.3 is 0 Å². The zero-order valence-corrected chi connectivity index (χ0v) is 14.1. The van der Waals surface area contributed by atoms with Crippen LogP contribution in [0.4, 0.5) is 0 Å². The Labute approximate surface area is 133 Å². The summed E-state index contributed by atoms with van der Waals surface area (Å²) >= 11 is 0. The van der Waals surface area contributed by atoms with Gasteiger partial charge in [0.25, 0.3) is 0 Å². The lowest BCUT2D eigenvalue weighted by Crippen LogP contribution is -2.41. The van der Waals surface area contributed by atoms with E-state index in [9.17, 15) is 0 Å². The van der Waals surface area contributed by atoms with Gasteiger partial charge in [-0.3, -0.25) is 4.90 Å². The third-order valence-corrected chi connectivity index (χ3v) is 5.02. The molecule has 4 heteroatoms. The zero-order chi connectivity index (χ0) is 15.8. The van der Waals surface area contributed by atoms with Gasteiger partial charge in [0.1, 0.15) is 0 Å². The van der Waals surface area contributed by atoms with Crippen LogP contribution in [-0.2, 0) is 20.8 Å². The number of morpholine rings is 1. The predicted molar refractivity (Wildman–Crippen MR) is 85.6 cm³/mol. The molecule has 0 saturated carbocycles. The van der Waals surface area contributed by atoms with Gasteiger partial charge in [-0.25, -0.2) is 0 Å². The maximum Gasteiger partial charge on any atom is 0.185 e. The summed E-state index contributed by atoms with van der Waals surface area (Å²) in [4.78, 5) is 2.42. The van der Waals surface area contributed by atoms with Crippen LogP contribution in [0.1, 0.15) is 45.1 Å². The van der Waals surface area contributed by atoms with Crippen LogP contribution in [0.2, 0.25) is 0 Å². The molecule has 0 spiro atoms. The van der Waals surface area contributed by atoms with Crippen molar-refractivity contribution in [1.29, 1.82) is 0 Å². The molecular formula is C18H27NO3. The maximum absolute atomic E-state index is 6.09. The Morgan fingerprint density at radius 3 is 2.05 bits per heavy atom.